The van der Waals surface area contributed by atoms with E-state index < -0.39 is 70.9 Å². The Morgan fingerprint density at radius 2 is 1.58 bits per heavy atom. The third-order valence-electron chi connectivity index (χ3n) is 14.5. The van der Waals surface area contributed by atoms with Crippen LogP contribution in [-0.2, 0) is 33.3 Å². The minimum Gasteiger partial charge on any atom is -0.481 e. The van der Waals surface area contributed by atoms with Crippen LogP contribution in [0.5, 0.6) is 0 Å². The van der Waals surface area contributed by atoms with Gasteiger partial charge in [-0.1, -0.05) is 61.5 Å². The van der Waals surface area contributed by atoms with Crippen LogP contribution in [0.4, 0.5) is 0 Å². The van der Waals surface area contributed by atoms with Crippen LogP contribution in [0.25, 0.3) is 0 Å². The molecule has 0 aromatic heterocycles. The molecular weight excluding hydrogens is 678 g/mol. The lowest BCUT2D eigenvalue weighted by Gasteiger charge is -2.54. The molecule has 4 fully saturated rings. The summed E-state index contributed by atoms with van der Waals surface area (Å²) in [4.78, 5) is 26.4. The third-order valence-corrected chi connectivity index (χ3v) is 14.5. The van der Waals surface area contributed by atoms with Crippen LogP contribution in [0.2, 0.25) is 0 Å². The highest BCUT2D eigenvalue weighted by Crippen LogP contribution is 2.53. The molecule has 0 saturated carbocycles. The summed E-state index contributed by atoms with van der Waals surface area (Å²) in [5.41, 5.74) is 5.25. The predicted octanol–water partition coefficient (Wildman–Crippen LogP) is 6.15. The first-order valence-electron chi connectivity index (χ1n) is 20.8. The predicted molar refractivity (Wildman–Crippen MR) is 201 cm³/mol. The molecule has 0 aromatic carbocycles. The molecule has 11 heteroatoms. The zero-order valence-electron chi connectivity index (χ0n) is 34.1. The first-order valence-corrected chi connectivity index (χ1v) is 20.8. The van der Waals surface area contributed by atoms with Crippen LogP contribution < -0.4 is 5.73 Å². The summed E-state index contributed by atoms with van der Waals surface area (Å²) in [6.07, 6.45) is 7.44. The second-order valence-electron chi connectivity index (χ2n) is 18.0. The van der Waals surface area contributed by atoms with Gasteiger partial charge in [0.15, 0.2) is 11.6 Å². The van der Waals surface area contributed by atoms with Gasteiger partial charge in [-0.2, -0.15) is 0 Å². The summed E-state index contributed by atoms with van der Waals surface area (Å²) in [7, 11) is 0. The Bertz CT molecular complexity index is 1330. The zero-order chi connectivity index (χ0) is 39.3. The minimum atomic E-state index is -1.16. The maximum atomic E-state index is 14.5. The number of Topliss-reactive ketones (excluding diaryl/α,β-unsaturated/α-hetero) is 1. The van der Waals surface area contributed by atoms with Crippen molar-refractivity contribution in [2.24, 2.45) is 47.2 Å². The fraction of sp³-hybridized carbons (Fsp3) is 0.905. The van der Waals surface area contributed by atoms with E-state index in [1.165, 1.54) is 0 Å². The fourth-order valence-electron chi connectivity index (χ4n) is 10.5. The number of aliphatic hydroxyl groups excluding tert-OH is 1. The molecule has 4 saturated heterocycles. The molecule has 0 radical (unpaired) electrons. The number of nitrogens with two attached hydrogens (primary N) is 1. The molecular formula is C42H71NO10. The number of aliphatic hydroxyl groups is 2. The van der Waals surface area contributed by atoms with Crippen molar-refractivity contribution in [3.8, 4) is 0 Å². The lowest BCUT2D eigenvalue weighted by atomic mass is 9.72. The SMILES string of the molecule is CC[C@@H](C(=O)[C@@H](C)[C@@H](O)[C@H](C)[C@@H]1O[C@@H]([C@@H](CC)C(=O)O)CC[C@@H]1C)[C@H]1O[C@]2(C=C[C@@H](N)[C@]3(CC[C@@](C)([C@H]4CC[C@](O)(CC)[C@H](C)O4)O3)O2)[C@H](C)C[C@@H]1C. The molecule has 5 rings (SSSR count). The molecule has 53 heavy (non-hydrogen) atoms. The summed E-state index contributed by atoms with van der Waals surface area (Å²) < 4.78 is 33.8. The fourth-order valence-corrected chi connectivity index (χ4v) is 10.5. The molecule has 11 nitrogen and oxygen atoms in total. The molecule has 0 amide bonds. The van der Waals surface area contributed by atoms with E-state index in [0.717, 1.165) is 12.8 Å². The topological polar surface area (TPSA) is 167 Å². The van der Waals surface area contributed by atoms with Crippen molar-refractivity contribution in [3.63, 3.8) is 0 Å². The normalized spacial score (nSPS) is 46.2. The van der Waals surface area contributed by atoms with Crippen molar-refractivity contribution < 1.29 is 48.6 Å². The van der Waals surface area contributed by atoms with Crippen LogP contribution in [-0.4, -0.2) is 92.5 Å². The molecule has 0 unspecified atom stereocenters. The molecule has 18 atom stereocenters. The largest absolute Gasteiger partial charge is 0.481 e. The van der Waals surface area contributed by atoms with Gasteiger partial charge in [0.25, 0.3) is 0 Å². The Labute approximate surface area is 318 Å². The zero-order valence-corrected chi connectivity index (χ0v) is 34.1. The van der Waals surface area contributed by atoms with Crippen LogP contribution in [0.3, 0.4) is 0 Å². The van der Waals surface area contributed by atoms with Gasteiger partial charge in [0, 0.05) is 30.1 Å². The number of hydrogen-bond acceptors (Lipinski definition) is 10. The molecule has 0 bridgehead atoms. The number of carbonyl (C=O) groups is 2. The second kappa shape index (κ2) is 16.2. The van der Waals surface area contributed by atoms with Crippen molar-refractivity contribution in [2.45, 2.75) is 199 Å². The third kappa shape index (κ3) is 7.94. The van der Waals surface area contributed by atoms with Crippen molar-refractivity contribution in [1.82, 2.24) is 0 Å². The van der Waals surface area contributed by atoms with Crippen LogP contribution in [0.15, 0.2) is 12.2 Å². The van der Waals surface area contributed by atoms with Crippen LogP contribution >= 0.6 is 0 Å². The Hall–Kier alpha value is -1.44. The number of ketones is 1. The second-order valence-corrected chi connectivity index (χ2v) is 18.0. The average Bonchev–Trinajstić information content (AvgIpc) is 3.47. The number of aliphatic carboxylic acids is 1. The number of rotatable bonds is 12. The van der Waals surface area contributed by atoms with Gasteiger partial charge in [0.05, 0.1) is 59.8 Å². The highest BCUT2D eigenvalue weighted by molar-refractivity contribution is 5.84. The number of ether oxygens (including phenoxy) is 5. The molecule has 5 N–H and O–H groups in total. The Kier molecular flexibility index (Phi) is 13.0. The Balaban J connectivity index is 1.31. The van der Waals surface area contributed by atoms with Crippen molar-refractivity contribution >= 4 is 11.8 Å². The Morgan fingerprint density at radius 1 is 0.906 bits per heavy atom. The van der Waals surface area contributed by atoms with E-state index in [0.29, 0.717) is 51.4 Å². The van der Waals surface area contributed by atoms with Gasteiger partial charge in [0.2, 0.25) is 0 Å². The van der Waals surface area contributed by atoms with Crippen molar-refractivity contribution in [3.05, 3.63) is 12.2 Å². The molecule has 304 valence electrons. The maximum Gasteiger partial charge on any atom is 0.309 e. The van der Waals surface area contributed by atoms with Crippen molar-refractivity contribution in [1.29, 1.82) is 0 Å². The molecule has 2 spiro atoms. The van der Waals surface area contributed by atoms with Gasteiger partial charge in [-0.05, 0) is 89.5 Å². The number of hydrogen-bond donors (Lipinski definition) is 4. The first-order chi connectivity index (χ1) is 24.8. The van der Waals surface area contributed by atoms with Gasteiger partial charge < -0.3 is 44.7 Å². The summed E-state index contributed by atoms with van der Waals surface area (Å²) in [5.74, 6) is -5.28. The maximum absolute atomic E-state index is 14.5. The number of carboxylic acid groups (broad SMARTS) is 1. The van der Waals surface area contributed by atoms with Crippen LogP contribution in [0.1, 0.15) is 133 Å². The lowest BCUT2D eigenvalue weighted by Crippen LogP contribution is -2.64. The van der Waals surface area contributed by atoms with Crippen LogP contribution in [0, 0.1) is 41.4 Å². The van der Waals surface area contributed by atoms with Gasteiger partial charge in [0.1, 0.15) is 5.78 Å². The van der Waals surface area contributed by atoms with Crippen molar-refractivity contribution in [2.75, 3.05) is 0 Å². The standard InChI is InChI=1S/C42H71NO10/c1-11-29(38(46)47)31-15-14-23(4)36(50-31)27(8)34(44)26(7)35(45)30(12-2)37-24(5)22-25(6)41(51-37)19-16-32(43)42(53-41)21-20-39(10,52-42)33-17-18-40(48,13-3)28(9)49-33/h16,19,23-34,36-37,44,48H,11-15,17-18,20-22,43H2,1-10H3,(H,46,47)/t23-,24-,25+,26-,27-,28-,29+,30-,31+,32+,33+,34+,36+,37-,39-,40+,41-,42-/m0/s1. The van der Waals surface area contributed by atoms with E-state index in [2.05, 4.69) is 27.7 Å². The van der Waals surface area contributed by atoms with E-state index in [4.69, 9.17) is 29.4 Å². The van der Waals surface area contributed by atoms with E-state index in [9.17, 15) is 24.9 Å². The lowest BCUT2D eigenvalue weighted by molar-refractivity contribution is -0.396. The summed E-state index contributed by atoms with van der Waals surface area (Å²) in [6, 6.07) is -0.538. The molecule has 5 aliphatic heterocycles. The highest BCUT2D eigenvalue weighted by atomic mass is 16.8. The first kappa shape index (κ1) is 42.7. The smallest absolute Gasteiger partial charge is 0.309 e. The number of carboxylic acids is 1. The molecule has 0 aromatic rings. The molecule has 5 heterocycles. The van der Waals surface area contributed by atoms with E-state index in [1.807, 2.05) is 46.8 Å². The molecule has 5 aliphatic rings. The summed E-state index contributed by atoms with van der Waals surface area (Å²) in [6.45, 7) is 19.8. The quantitative estimate of drug-likeness (QED) is 0.169. The van der Waals surface area contributed by atoms with E-state index >= 15 is 0 Å². The monoisotopic (exact) mass is 750 g/mol. The Morgan fingerprint density at radius 3 is 2.19 bits per heavy atom. The average molecular weight is 750 g/mol. The van der Waals surface area contributed by atoms with Gasteiger partial charge >= 0.3 is 5.97 Å². The number of carbonyl (C=O) groups excluding carboxylic acids is 1. The van der Waals surface area contributed by atoms with E-state index in [1.54, 1.807) is 6.92 Å². The van der Waals surface area contributed by atoms with Gasteiger partial charge in [-0.3, -0.25) is 9.59 Å². The van der Waals surface area contributed by atoms with Gasteiger partial charge in [-0.25, -0.2) is 0 Å². The van der Waals surface area contributed by atoms with E-state index in [-0.39, 0.29) is 47.8 Å². The highest BCUT2D eigenvalue weighted by Gasteiger charge is 2.62. The van der Waals surface area contributed by atoms with Gasteiger partial charge in [-0.15, -0.1) is 0 Å². The summed E-state index contributed by atoms with van der Waals surface area (Å²) in [5, 5.41) is 32.6. The summed E-state index contributed by atoms with van der Waals surface area (Å²) >= 11 is 0. The minimum absolute atomic E-state index is 0.0449. The molecule has 0 aliphatic carbocycles.